The maximum absolute atomic E-state index is 5.66. The molecular formula is C6H9Cl3N4. The Morgan fingerprint density at radius 3 is 2.00 bits per heavy atom. The number of halogens is 3. The molecule has 0 spiro atoms. The molecular weight excluding hydrogens is 234 g/mol. The lowest BCUT2D eigenvalue weighted by Gasteiger charge is -2.20. The first-order chi connectivity index (χ1) is 5.73. The maximum Gasteiger partial charge on any atom is 0.289 e. The molecule has 0 bridgehead atoms. The fraction of sp³-hybridized carbons (Fsp3) is 0.833. The first kappa shape index (κ1) is 11.0. The van der Waals surface area contributed by atoms with Crippen LogP contribution in [0.5, 0.6) is 0 Å². The largest absolute Gasteiger partial charge is 0.289 e. The molecule has 0 radical (unpaired) electrons. The Hall–Kier alpha value is -0.0600. The second-order valence-corrected chi connectivity index (χ2v) is 5.85. The SMILES string of the molecule is CC(C)(C)c1nnnn1C(Cl)(Cl)Cl. The molecule has 13 heavy (non-hydrogen) atoms. The van der Waals surface area contributed by atoms with E-state index >= 15 is 0 Å². The number of alkyl halides is 3. The van der Waals surface area contributed by atoms with Crippen molar-refractivity contribution in [2.75, 3.05) is 0 Å². The van der Waals surface area contributed by atoms with Crippen molar-refractivity contribution in [2.24, 2.45) is 0 Å². The summed E-state index contributed by atoms with van der Waals surface area (Å²) in [5, 5.41) is 10.9. The molecule has 0 N–H and O–H groups in total. The highest BCUT2D eigenvalue weighted by Gasteiger charge is 2.32. The lowest BCUT2D eigenvalue weighted by atomic mass is 9.96. The average molecular weight is 244 g/mol. The Bertz CT molecular complexity index is 267. The average Bonchev–Trinajstić information content (AvgIpc) is 2.27. The smallest absolute Gasteiger partial charge is 0.179 e. The lowest BCUT2D eigenvalue weighted by molar-refractivity contribution is 0.485. The molecule has 0 unspecified atom stereocenters. The van der Waals surface area contributed by atoms with E-state index in [0.29, 0.717) is 5.82 Å². The summed E-state index contributed by atoms with van der Waals surface area (Å²) in [6.45, 7) is 5.81. The van der Waals surface area contributed by atoms with Gasteiger partial charge in [0, 0.05) is 5.41 Å². The molecule has 0 aliphatic rings. The van der Waals surface area contributed by atoms with Gasteiger partial charge in [-0.3, -0.25) is 0 Å². The van der Waals surface area contributed by atoms with Crippen molar-refractivity contribution in [3.63, 3.8) is 0 Å². The third-order valence-corrected chi connectivity index (χ3v) is 1.86. The highest BCUT2D eigenvalue weighted by molar-refractivity contribution is 6.64. The van der Waals surface area contributed by atoms with E-state index in [0.717, 1.165) is 0 Å². The number of aromatic nitrogens is 4. The molecule has 0 aliphatic heterocycles. The van der Waals surface area contributed by atoms with Gasteiger partial charge in [0.2, 0.25) is 0 Å². The summed E-state index contributed by atoms with van der Waals surface area (Å²) in [4.78, 5) is 0. The van der Waals surface area contributed by atoms with E-state index in [4.69, 9.17) is 34.8 Å². The summed E-state index contributed by atoms with van der Waals surface area (Å²) >= 11 is 17.0. The zero-order chi connectivity index (χ0) is 10.3. The molecule has 4 nitrogen and oxygen atoms in total. The van der Waals surface area contributed by atoms with E-state index in [9.17, 15) is 0 Å². The third-order valence-electron chi connectivity index (χ3n) is 1.38. The summed E-state index contributed by atoms with van der Waals surface area (Å²) in [6.07, 6.45) is 0. The minimum atomic E-state index is -1.63. The summed E-state index contributed by atoms with van der Waals surface area (Å²) in [5.41, 5.74) is -0.257. The van der Waals surface area contributed by atoms with Crippen LogP contribution in [0.15, 0.2) is 0 Å². The lowest BCUT2D eigenvalue weighted by Crippen LogP contribution is -2.25. The van der Waals surface area contributed by atoms with E-state index in [2.05, 4.69) is 15.5 Å². The van der Waals surface area contributed by atoms with Crippen molar-refractivity contribution in [3.05, 3.63) is 5.82 Å². The van der Waals surface area contributed by atoms with E-state index in [-0.39, 0.29) is 5.41 Å². The van der Waals surface area contributed by atoms with Crippen LogP contribution in [0.2, 0.25) is 0 Å². The van der Waals surface area contributed by atoms with E-state index < -0.39 is 3.92 Å². The van der Waals surface area contributed by atoms with Gasteiger partial charge >= 0.3 is 0 Å². The van der Waals surface area contributed by atoms with Crippen LogP contribution in [0.4, 0.5) is 0 Å². The molecule has 1 aromatic rings. The number of rotatable bonds is 0. The van der Waals surface area contributed by atoms with Crippen LogP contribution < -0.4 is 0 Å². The Morgan fingerprint density at radius 1 is 1.15 bits per heavy atom. The van der Waals surface area contributed by atoms with Crippen LogP contribution in [0.1, 0.15) is 26.6 Å². The van der Waals surface area contributed by atoms with E-state index in [1.807, 2.05) is 20.8 Å². The monoisotopic (exact) mass is 242 g/mol. The highest BCUT2D eigenvalue weighted by Crippen LogP contribution is 2.34. The van der Waals surface area contributed by atoms with Gasteiger partial charge in [-0.2, -0.15) is 4.68 Å². The van der Waals surface area contributed by atoms with E-state index in [1.54, 1.807) is 0 Å². The van der Waals surface area contributed by atoms with Crippen LogP contribution in [-0.2, 0) is 9.33 Å². The van der Waals surface area contributed by atoms with Crippen molar-refractivity contribution < 1.29 is 0 Å². The number of tetrazole rings is 1. The van der Waals surface area contributed by atoms with E-state index in [1.165, 1.54) is 4.68 Å². The first-order valence-electron chi connectivity index (χ1n) is 3.59. The minimum absolute atomic E-state index is 0.257. The van der Waals surface area contributed by atoms with Crippen LogP contribution in [0, 0.1) is 0 Å². The predicted octanol–water partition coefficient (Wildman–Crippen LogP) is 2.25. The summed E-state index contributed by atoms with van der Waals surface area (Å²) in [7, 11) is 0. The van der Waals surface area contributed by atoms with Crippen molar-refractivity contribution in [1.29, 1.82) is 0 Å². The molecule has 0 aromatic carbocycles. The van der Waals surface area contributed by atoms with Gasteiger partial charge in [-0.15, -0.1) is 5.10 Å². The van der Waals surface area contributed by atoms with Crippen LogP contribution in [0.3, 0.4) is 0 Å². The van der Waals surface area contributed by atoms with Crippen molar-refractivity contribution >= 4 is 34.8 Å². The molecule has 0 saturated carbocycles. The fourth-order valence-corrected chi connectivity index (χ4v) is 1.17. The van der Waals surface area contributed by atoms with Crippen LogP contribution >= 0.6 is 34.8 Å². The summed E-state index contributed by atoms with van der Waals surface area (Å²) < 4.78 is -0.455. The Balaban J connectivity index is 3.19. The van der Waals surface area contributed by atoms with Gasteiger partial charge in [-0.05, 0) is 10.4 Å². The number of nitrogens with zero attached hydrogens (tertiary/aromatic N) is 4. The molecule has 1 heterocycles. The molecule has 0 fully saturated rings. The van der Waals surface area contributed by atoms with Crippen molar-refractivity contribution in [1.82, 2.24) is 20.2 Å². The molecule has 0 atom stereocenters. The Morgan fingerprint density at radius 2 is 1.69 bits per heavy atom. The molecule has 0 aliphatic carbocycles. The zero-order valence-corrected chi connectivity index (χ0v) is 9.69. The Labute approximate surface area is 91.1 Å². The first-order valence-corrected chi connectivity index (χ1v) is 4.72. The van der Waals surface area contributed by atoms with Gasteiger partial charge < -0.3 is 0 Å². The van der Waals surface area contributed by atoms with Crippen LogP contribution in [-0.4, -0.2) is 20.2 Å². The van der Waals surface area contributed by atoms with Gasteiger partial charge in [-0.25, -0.2) is 0 Å². The quantitative estimate of drug-likeness (QED) is 0.657. The maximum atomic E-state index is 5.66. The Kier molecular flexibility index (Phi) is 2.76. The topological polar surface area (TPSA) is 43.6 Å². The number of hydrogen-bond acceptors (Lipinski definition) is 3. The molecule has 1 aromatic heterocycles. The summed E-state index contributed by atoms with van der Waals surface area (Å²) in [5.74, 6) is 0.535. The second-order valence-electron chi connectivity index (χ2n) is 3.63. The summed E-state index contributed by atoms with van der Waals surface area (Å²) in [6, 6.07) is 0. The number of hydrogen-bond donors (Lipinski definition) is 0. The van der Waals surface area contributed by atoms with Gasteiger partial charge in [0.05, 0.1) is 0 Å². The highest BCUT2D eigenvalue weighted by atomic mass is 35.6. The standard InChI is InChI=1S/C6H9Cl3N4/c1-5(2,3)4-10-11-12-13(4)6(7,8)9/h1-3H3. The van der Waals surface area contributed by atoms with Gasteiger partial charge in [0.25, 0.3) is 3.92 Å². The molecule has 7 heteroatoms. The molecule has 0 saturated heterocycles. The van der Waals surface area contributed by atoms with Gasteiger partial charge in [0.1, 0.15) is 0 Å². The third kappa shape index (κ3) is 2.45. The van der Waals surface area contributed by atoms with Crippen molar-refractivity contribution in [2.45, 2.75) is 30.1 Å². The van der Waals surface area contributed by atoms with Gasteiger partial charge in [0.15, 0.2) is 5.82 Å². The fourth-order valence-electron chi connectivity index (χ4n) is 0.826. The van der Waals surface area contributed by atoms with Gasteiger partial charge in [-0.1, -0.05) is 55.6 Å². The minimum Gasteiger partial charge on any atom is -0.179 e. The van der Waals surface area contributed by atoms with Crippen LogP contribution in [0.25, 0.3) is 0 Å². The normalized spacial score (nSPS) is 13.4. The second kappa shape index (κ2) is 3.26. The van der Waals surface area contributed by atoms with Crippen molar-refractivity contribution in [3.8, 4) is 0 Å². The molecule has 1 rings (SSSR count). The molecule has 74 valence electrons. The molecule has 0 amide bonds. The zero-order valence-electron chi connectivity index (χ0n) is 7.42. The predicted molar refractivity (Wildman–Crippen MR) is 52.1 cm³/mol.